The van der Waals surface area contributed by atoms with Gasteiger partial charge in [0.25, 0.3) is 0 Å². The van der Waals surface area contributed by atoms with Crippen LogP contribution in [0.5, 0.6) is 11.5 Å². The largest absolute Gasteiger partial charge is 0.486 e. The van der Waals surface area contributed by atoms with Crippen molar-refractivity contribution in [3.05, 3.63) is 35.2 Å². The Hall–Kier alpha value is -2.17. The van der Waals surface area contributed by atoms with Crippen LogP contribution in [0.15, 0.2) is 18.2 Å². The van der Waals surface area contributed by atoms with Gasteiger partial charge in [0, 0.05) is 12.6 Å². The van der Waals surface area contributed by atoms with Crippen LogP contribution in [0.3, 0.4) is 0 Å². The fourth-order valence-electron chi connectivity index (χ4n) is 2.84. The third kappa shape index (κ3) is 2.63. The van der Waals surface area contributed by atoms with Crippen LogP contribution in [-0.2, 0) is 6.54 Å². The SMILES string of the molecule is CCn1nc(C)c(N[C@@H](C)c2ccc3c(c2)OCCO3)c1C. The van der Waals surface area contributed by atoms with E-state index in [1.54, 1.807) is 0 Å². The van der Waals surface area contributed by atoms with Crippen LogP contribution >= 0.6 is 0 Å². The van der Waals surface area contributed by atoms with Gasteiger partial charge in [-0.1, -0.05) is 6.07 Å². The highest BCUT2D eigenvalue weighted by molar-refractivity contribution is 5.54. The summed E-state index contributed by atoms with van der Waals surface area (Å²) in [5.74, 6) is 1.66. The van der Waals surface area contributed by atoms with E-state index >= 15 is 0 Å². The molecule has 1 aliphatic rings. The number of rotatable bonds is 4. The number of aryl methyl sites for hydroxylation is 2. The molecule has 0 unspecified atom stereocenters. The zero-order chi connectivity index (χ0) is 15.7. The van der Waals surface area contributed by atoms with E-state index in [2.05, 4.69) is 43.3 Å². The van der Waals surface area contributed by atoms with Crippen LogP contribution in [-0.4, -0.2) is 23.0 Å². The van der Waals surface area contributed by atoms with Gasteiger partial charge in [-0.15, -0.1) is 0 Å². The lowest BCUT2D eigenvalue weighted by Crippen LogP contribution is -2.16. The molecule has 3 rings (SSSR count). The predicted molar refractivity (Wildman–Crippen MR) is 86.8 cm³/mol. The van der Waals surface area contributed by atoms with Gasteiger partial charge in [-0.25, -0.2) is 0 Å². The molecule has 0 saturated carbocycles. The Morgan fingerprint density at radius 2 is 1.95 bits per heavy atom. The van der Waals surface area contributed by atoms with Crippen molar-refractivity contribution in [3.8, 4) is 11.5 Å². The Bertz CT molecular complexity index is 679. The number of benzene rings is 1. The third-order valence-electron chi connectivity index (χ3n) is 4.11. The Kier molecular flexibility index (Phi) is 3.96. The van der Waals surface area contributed by atoms with Crippen LogP contribution in [0, 0.1) is 13.8 Å². The Balaban J connectivity index is 1.83. The molecule has 2 heterocycles. The monoisotopic (exact) mass is 301 g/mol. The van der Waals surface area contributed by atoms with Crippen LogP contribution < -0.4 is 14.8 Å². The number of nitrogens with one attached hydrogen (secondary N) is 1. The maximum atomic E-state index is 5.66. The van der Waals surface area contributed by atoms with E-state index in [0.717, 1.165) is 29.4 Å². The summed E-state index contributed by atoms with van der Waals surface area (Å²) in [4.78, 5) is 0. The minimum absolute atomic E-state index is 0.169. The van der Waals surface area contributed by atoms with E-state index in [-0.39, 0.29) is 6.04 Å². The summed E-state index contributed by atoms with van der Waals surface area (Å²) >= 11 is 0. The van der Waals surface area contributed by atoms with E-state index in [4.69, 9.17) is 9.47 Å². The van der Waals surface area contributed by atoms with Crippen molar-refractivity contribution < 1.29 is 9.47 Å². The molecule has 5 nitrogen and oxygen atoms in total. The molecule has 118 valence electrons. The summed E-state index contributed by atoms with van der Waals surface area (Å²) in [6.07, 6.45) is 0. The van der Waals surface area contributed by atoms with Gasteiger partial charge in [0.05, 0.1) is 17.1 Å². The second kappa shape index (κ2) is 5.91. The van der Waals surface area contributed by atoms with Crippen LogP contribution in [0.2, 0.25) is 0 Å². The summed E-state index contributed by atoms with van der Waals surface area (Å²) < 4.78 is 13.3. The van der Waals surface area contributed by atoms with Crippen molar-refractivity contribution in [2.45, 2.75) is 40.3 Å². The number of hydrogen-bond donors (Lipinski definition) is 1. The van der Waals surface area contributed by atoms with E-state index < -0.39 is 0 Å². The summed E-state index contributed by atoms with van der Waals surface area (Å²) in [6.45, 7) is 10.5. The fourth-order valence-corrected chi connectivity index (χ4v) is 2.84. The van der Waals surface area contributed by atoms with Crippen LogP contribution in [0.4, 0.5) is 5.69 Å². The first-order valence-electron chi connectivity index (χ1n) is 7.80. The van der Waals surface area contributed by atoms with Gasteiger partial charge in [0.15, 0.2) is 11.5 Å². The lowest BCUT2D eigenvalue weighted by atomic mass is 10.1. The van der Waals surface area contributed by atoms with Crippen molar-refractivity contribution in [2.75, 3.05) is 18.5 Å². The summed E-state index contributed by atoms with van der Waals surface area (Å²) in [7, 11) is 0. The van der Waals surface area contributed by atoms with E-state index in [0.29, 0.717) is 13.2 Å². The fraction of sp³-hybridized carbons (Fsp3) is 0.471. The normalized spacial score (nSPS) is 14.7. The van der Waals surface area contributed by atoms with Gasteiger partial charge >= 0.3 is 0 Å². The van der Waals surface area contributed by atoms with E-state index in [9.17, 15) is 0 Å². The molecule has 0 aliphatic carbocycles. The smallest absolute Gasteiger partial charge is 0.161 e. The third-order valence-corrected chi connectivity index (χ3v) is 4.11. The van der Waals surface area contributed by atoms with Crippen molar-refractivity contribution in [1.29, 1.82) is 0 Å². The highest BCUT2D eigenvalue weighted by Crippen LogP contribution is 2.34. The number of anilines is 1. The van der Waals surface area contributed by atoms with Gasteiger partial charge in [0.1, 0.15) is 13.2 Å². The molecule has 5 heteroatoms. The summed E-state index contributed by atoms with van der Waals surface area (Å²) in [5, 5.41) is 8.13. The number of nitrogens with zero attached hydrogens (tertiary/aromatic N) is 2. The van der Waals surface area contributed by atoms with Crippen molar-refractivity contribution >= 4 is 5.69 Å². The molecule has 1 atom stereocenters. The maximum absolute atomic E-state index is 5.66. The molecule has 0 amide bonds. The molecule has 1 aliphatic heterocycles. The number of aromatic nitrogens is 2. The quantitative estimate of drug-likeness (QED) is 0.939. The number of hydrogen-bond acceptors (Lipinski definition) is 4. The van der Waals surface area contributed by atoms with Gasteiger partial charge < -0.3 is 14.8 Å². The molecule has 0 radical (unpaired) electrons. The molecule has 1 aromatic carbocycles. The number of fused-ring (bicyclic) bond motifs is 1. The van der Waals surface area contributed by atoms with E-state index in [1.165, 1.54) is 11.3 Å². The topological polar surface area (TPSA) is 48.3 Å². The van der Waals surface area contributed by atoms with Gasteiger partial charge in [0.2, 0.25) is 0 Å². The van der Waals surface area contributed by atoms with Gasteiger partial charge in [-0.2, -0.15) is 5.10 Å². The molecule has 0 spiro atoms. The molecular formula is C17H23N3O2. The van der Waals surface area contributed by atoms with E-state index in [1.807, 2.05) is 17.7 Å². The lowest BCUT2D eigenvalue weighted by molar-refractivity contribution is 0.171. The zero-order valence-electron chi connectivity index (χ0n) is 13.6. The highest BCUT2D eigenvalue weighted by atomic mass is 16.6. The minimum Gasteiger partial charge on any atom is -0.486 e. The van der Waals surface area contributed by atoms with Crippen molar-refractivity contribution in [2.24, 2.45) is 0 Å². The molecule has 2 aromatic rings. The zero-order valence-corrected chi connectivity index (χ0v) is 13.6. The first-order chi connectivity index (χ1) is 10.6. The minimum atomic E-state index is 0.169. The molecule has 1 N–H and O–H groups in total. The predicted octanol–water partition coefficient (Wildman–Crippen LogP) is 3.46. The highest BCUT2D eigenvalue weighted by Gasteiger charge is 2.17. The second-order valence-electron chi connectivity index (χ2n) is 5.63. The van der Waals surface area contributed by atoms with Crippen molar-refractivity contribution in [3.63, 3.8) is 0 Å². The molecule has 0 fully saturated rings. The molecule has 22 heavy (non-hydrogen) atoms. The van der Waals surface area contributed by atoms with Crippen molar-refractivity contribution in [1.82, 2.24) is 9.78 Å². The Morgan fingerprint density at radius 3 is 2.64 bits per heavy atom. The average Bonchev–Trinajstić information content (AvgIpc) is 2.81. The molecule has 0 bridgehead atoms. The standard InChI is InChI=1S/C17H23N3O2/c1-5-20-13(4)17(12(3)19-20)18-11(2)14-6-7-15-16(10-14)22-9-8-21-15/h6-7,10-11,18H,5,8-9H2,1-4H3/t11-/m0/s1. The molecular weight excluding hydrogens is 278 g/mol. The first-order valence-corrected chi connectivity index (χ1v) is 7.80. The van der Waals surface area contributed by atoms with Gasteiger partial charge in [-0.3, -0.25) is 4.68 Å². The Morgan fingerprint density at radius 1 is 1.23 bits per heavy atom. The summed E-state index contributed by atoms with van der Waals surface area (Å²) in [5.41, 5.74) is 4.49. The first kappa shape index (κ1) is 14.8. The summed E-state index contributed by atoms with van der Waals surface area (Å²) in [6, 6.07) is 6.29. The second-order valence-corrected chi connectivity index (χ2v) is 5.63. The number of ether oxygens (including phenoxy) is 2. The maximum Gasteiger partial charge on any atom is 0.161 e. The molecule has 1 aromatic heterocycles. The van der Waals surface area contributed by atoms with Crippen LogP contribution in [0.25, 0.3) is 0 Å². The van der Waals surface area contributed by atoms with Crippen LogP contribution in [0.1, 0.15) is 36.8 Å². The Labute approximate surface area is 131 Å². The van der Waals surface area contributed by atoms with Gasteiger partial charge in [-0.05, 0) is 45.4 Å². The average molecular weight is 301 g/mol. The lowest BCUT2D eigenvalue weighted by Gasteiger charge is -2.21. The molecule has 0 saturated heterocycles.